The first-order valence-corrected chi connectivity index (χ1v) is 6.70. The molecule has 0 bridgehead atoms. The van der Waals surface area contributed by atoms with Crippen LogP contribution in [0.15, 0.2) is 18.2 Å². The predicted molar refractivity (Wildman–Crippen MR) is 72.6 cm³/mol. The molecule has 0 unspecified atom stereocenters. The van der Waals surface area contributed by atoms with Crippen LogP contribution in [0.1, 0.15) is 38.5 Å². The molecule has 21 heavy (non-hydrogen) atoms. The number of hydrogen-bond donors (Lipinski definition) is 3. The number of nitrogens with one attached hydrogen (secondary N) is 2. The van der Waals surface area contributed by atoms with E-state index in [1.807, 2.05) is 0 Å². The number of benzene rings is 1. The Hall–Kier alpha value is -2.02. The van der Waals surface area contributed by atoms with Crippen LogP contribution in [0.25, 0.3) is 0 Å². The molecular formula is C14H18F2N2O3. The van der Waals surface area contributed by atoms with E-state index in [1.54, 1.807) is 5.48 Å². The quantitative estimate of drug-likeness (QED) is 0.392. The van der Waals surface area contributed by atoms with Crippen molar-refractivity contribution >= 4 is 17.5 Å². The number of carbonyl (C=O) groups is 2. The molecular weight excluding hydrogens is 282 g/mol. The van der Waals surface area contributed by atoms with Crippen LogP contribution in [0.5, 0.6) is 0 Å². The molecule has 0 saturated carbocycles. The minimum Gasteiger partial charge on any atom is -0.326 e. The van der Waals surface area contributed by atoms with Crippen molar-refractivity contribution in [1.82, 2.24) is 5.48 Å². The van der Waals surface area contributed by atoms with Crippen molar-refractivity contribution in [2.45, 2.75) is 38.5 Å². The van der Waals surface area contributed by atoms with Gasteiger partial charge in [0.25, 0.3) is 0 Å². The average molecular weight is 300 g/mol. The summed E-state index contributed by atoms with van der Waals surface area (Å²) in [4.78, 5) is 22.3. The summed E-state index contributed by atoms with van der Waals surface area (Å²) >= 11 is 0. The van der Waals surface area contributed by atoms with Crippen LogP contribution in [0.2, 0.25) is 0 Å². The zero-order valence-corrected chi connectivity index (χ0v) is 11.5. The normalized spacial score (nSPS) is 10.2. The summed E-state index contributed by atoms with van der Waals surface area (Å²) in [7, 11) is 0. The van der Waals surface area contributed by atoms with Gasteiger partial charge in [-0.2, -0.15) is 0 Å². The van der Waals surface area contributed by atoms with E-state index in [4.69, 9.17) is 5.21 Å². The fourth-order valence-corrected chi connectivity index (χ4v) is 1.83. The lowest BCUT2D eigenvalue weighted by Gasteiger charge is -2.05. The number of unbranched alkanes of at least 4 members (excludes halogenated alkanes) is 3. The molecule has 0 atom stereocenters. The molecule has 0 fully saturated rings. The molecule has 116 valence electrons. The van der Waals surface area contributed by atoms with Crippen molar-refractivity contribution in [2.24, 2.45) is 0 Å². The van der Waals surface area contributed by atoms with Gasteiger partial charge < -0.3 is 5.32 Å². The Balaban J connectivity index is 2.18. The van der Waals surface area contributed by atoms with E-state index in [0.717, 1.165) is 31.0 Å². The maximum atomic E-state index is 12.9. The van der Waals surface area contributed by atoms with Gasteiger partial charge in [0.2, 0.25) is 11.8 Å². The van der Waals surface area contributed by atoms with E-state index in [2.05, 4.69) is 5.32 Å². The Labute approximate surface area is 121 Å². The zero-order valence-electron chi connectivity index (χ0n) is 11.5. The van der Waals surface area contributed by atoms with Gasteiger partial charge in [-0.05, 0) is 25.0 Å². The molecule has 1 aromatic carbocycles. The first-order valence-electron chi connectivity index (χ1n) is 6.70. The second kappa shape index (κ2) is 9.02. The molecule has 1 rings (SSSR count). The van der Waals surface area contributed by atoms with Crippen molar-refractivity contribution in [3.05, 3.63) is 29.8 Å². The van der Waals surface area contributed by atoms with Crippen molar-refractivity contribution in [1.29, 1.82) is 0 Å². The third kappa shape index (κ3) is 7.36. The molecule has 0 heterocycles. The molecule has 3 N–H and O–H groups in total. The van der Waals surface area contributed by atoms with Crippen molar-refractivity contribution in [3.8, 4) is 0 Å². The number of hydroxylamine groups is 1. The highest BCUT2D eigenvalue weighted by molar-refractivity contribution is 5.90. The maximum absolute atomic E-state index is 12.9. The van der Waals surface area contributed by atoms with Crippen LogP contribution < -0.4 is 10.8 Å². The molecule has 0 spiro atoms. The molecule has 2 amide bonds. The van der Waals surface area contributed by atoms with Crippen LogP contribution in [0.4, 0.5) is 14.5 Å². The number of halogens is 2. The number of hydrogen-bond acceptors (Lipinski definition) is 3. The molecule has 1 aromatic rings. The molecule has 0 aliphatic carbocycles. The van der Waals surface area contributed by atoms with Gasteiger partial charge in [0, 0.05) is 24.6 Å². The fourth-order valence-electron chi connectivity index (χ4n) is 1.83. The first-order chi connectivity index (χ1) is 10.0. The van der Waals surface area contributed by atoms with Gasteiger partial charge >= 0.3 is 0 Å². The van der Waals surface area contributed by atoms with Gasteiger partial charge in [0.1, 0.15) is 11.6 Å². The predicted octanol–water partition coefficient (Wildman–Crippen LogP) is 2.75. The minimum absolute atomic E-state index is 0.0946. The lowest BCUT2D eigenvalue weighted by atomic mass is 10.1. The van der Waals surface area contributed by atoms with Crippen LogP contribution in [0, 0.1) is 11.6 Å². The summed E-state index contributed by atoms with van der Waals surface area (Å²) < 4.78 is 25.8. The highest BCUT2D eigenvalue weighted by Crippen LogP contribution is 2.14. The second-order valence-corrected chi connectivity index (χ2v) is 4.66. The number of carbonyl (C=O) groups excluding carboxylic acids is 2. The van der Waals surface area contributed by atoms with E-state index in [0.29, 0.717) is 12.8 Å². The maximum Gasteiger partial charge on any atom is 0.243 e. The number of anilines is 1. The van der Waals surface area contributed by atoms with E-state index < -0.39 is 17.5 Å². The second-order valence-electron chi connectivity index (χ2n) is 4.66. The minimum atomic E-state index is -0.743. The molecule has 0 aliphatic rings. The summed E-state index contributed by atoms with van der Waals surface area (Å²) in [6.07, 6.45) is 3.24. The largest absolute Gasteiger partial charge is 0.326 e. The first kappa shape index (κ1) is 17.0. The van der Waals surface area contributed by atoms with E-state index in [-0.39, 0.29) is 24.4 Å². The van der Waals surface area contributed by atoms with Gasteiger partial charge in [0.05, 0.1) is 0 Å². The van der Waals surface area contributed by atoms with Gasteiger partial charge in [-0.1, -0.05) is 12.8 Å². The lowest BCUT2D eigenvalue weighted by molar-refractivity contribution is -0.129. The summed E-state index contributed by atoms with van der Waals surface area (Å²) in [6.45, 7) is 0. The standard InChI is InChI=1S/C14H18F2N2O3/c15-10-7-11(16)9-12(8-10)17-13(19)5-3-1-2-4-6-14(20)18-21/h7-9,21H,1-6H2,(H,17,19)(H,18,20). The molecule has 0 aromatic heterocycles. The molecule has 0 aliphatic heterocycles. The lowest BCUT2D eigenvalue weighted by Crippen LogP contribution is -2.17. The molecule has 5 nitrogen and oxygen atoms in total. The number of rotatable bonds is 8. The molecule has 0 radical (unpaired) electrons. The third-order valence-corrected chi connectivity index (χ3v) is 2.83. The third-order valence-electron chi connectivity index (χ3n) is 2.83. The number of amides is 2. The Kier molecular flexibility index (Phi) is 7.31. The van der Waals surface area contributed by atoms with Gasteiger partial charge in [-0.25, -0.2) is 14.3 Å². The smallest absolute Gasteiger partial charge is 0.243 e. The van der Waals surface area contributed by atoms with Gasteiger partial charge in [-0.15, -0.1) is 0 Å². The summed E-state index contributed by atoms with van der Waals surface area (Å²) in [5.74, 6) is -2.23. The van der Waals surface area contributed by atoms with Crippen LogP contribution in [-0.2, 0) is 9.59 Å². The SMILES string of the molecule is O=C(CCCCCCC(=O)Nc1cc(F)cc(F)c1)NO. The van der Waals surface area contributed by atoms with E-state index >= 15 is 0 Å². The highest BCUT2D eigenvalue weighted by Gasteiger charge is 2.05. The monoisotopic (exact) mass is 300 g/mol. The van der Waals surface area contributed by atoms with Crippen molar-refractivity contribution in [3.63, 3.8) is 0 Å². The summed E-state index contributed by atoms with van der Waals surface area (Å²) in [5, 5.41) is 10.7. The van der Waals surface area contributed by atoms with E-state index in [9.17, 15) is 18.4 Å². The van der Waals surface area contributed by atoms with Gasteiger partial charge in [0.15, 0.2) is 0 Å². The molecule has 0 saturated heterocycles. The topological polar surface area (TPSA) is 78.4 Å². The fraction of sp³-hybridized carbons (Fsp3) is 0.429. The van der Waals surface area contributed by atoms with E-state index in [1.165, 1.54) is 0 Å². The Morgan fingerprint density at radius 2 is 1.43 bits per heavy atom. The highest BCUT2D eigenvalue weighted by atomic mass is 19.1. The van der Waals surface area contributed by atoms with Gasteiger partial charge in [-0.3, -0.25) is 14.8 Å². The van der Waals surface area contributed by atoms with Crippen molar-refractivity contribution in [2.75, 3.05) is 5.32 Å². The summed E-state index contributed by atoms with van der Waals surface area (Å²) in [5.41, 5.74) is 1.64. The zero-order chi connectivity index (χ0) is 15.7. The van der Waals surface area contributed by atoms with Crippen LogP contribution in [-0.4, -0.2) is 17.0 Å². The average Bonchev–Trinajstić information content (AvgIpc) is 2.41. The van der Waals surface area contributed by atoms with Crippen LogP contribution in [0.3, 0.4) is 0 Å². The molecule has 7 heteroatoms. The van der Waals surface area contributed by atoms with Crippen LogP contribution >= 0.6 is 0 Å². The Morgan fingerprint density at radius 3 is 1.95 bits per heavy atom. The van der Waals surface area contributed by atoms with Crippen molar-refractivity contribution < 1.29 is 23.6 Å². The summed E-state index contributed by atoms with van der Waals surface area (Å²) in [6, 6.07) is 2.83. The Morgan fingerprint density at radius 1 is 0.905 bits per heavy atom. The Bertz CT molecular complexity index is 475.